The van der Waals surface area contributed by atoms with Crippen molar-refractivity contribution in [2.75, 3.05) is 12.4 Å². The molecule has 0 aliphatic heterocycles. The number of alkyl carbamates (subject to hydrolysis) is 1. The van der Waals surface area contributed by atoms with Gasteiger partial charge in [0.1, 0.15) is 17.4 Å². The Balaban J connectivity index is 2.77. The molecule has 1 heterocycles. The normalized spacial score (nSPS) is 12.2. The molecule has 0 aliphatic rings. The largest absolute Gasteiger partial charge is 0.469 e. The summed E-state index contributed by atoms with van der Waals surface area (Å²) in [6.07, 6.45) is 0.910. The van der Waals surface area contributed by atoms with Gasteiger partial charge in [-0.05, 0) is 20.8 Å². The molecule has 2 amide bonds. The number of methoxy groups -OCH3 is 1. The monoisotopic (exact) mass is 341 g/mol. The summed E-state index contributed by atoms with van der Waals surface area (Å²) in [6, 6.07) is -1.21. The number of esters is 1. The number of hydrogen-bond acceptors (Lipinski definition) is 7. The first-order chi connectivity index (χ1) is 11.1. The first-order valence-electron chi connectivity index (χ1n) is 7.46. The maximum atomic E-state index is 12.3. The van der Waals surface area contributed by atoms with Gasteiger partial charge in [0.05, 0.1) is 19.7 Å². The molecule has 0 aromatic carbocycles. The second-order valence-corrected chi connectivity index (χ2v) is 5.95. The number of aryl methyl sites for hydroxylation is 1. The standard InChI is InChI=1S/C15H23N3O6/c1-6-9-8-16-13(23-9)18-12(20)10(7-11(19)22-5)17-14(21)24-15(2,3)4/h8,10H,6-7H2,1-5H3,(H,17,21)(H,16,18,20)/t10-/m0/s1. The van der Waals surface area contributed by atoms with Crippen LogP contribution in [0.25, 0.3) is 0 Å². The fourth-order valence-corrected chi connectivity index (χ4v) is 1.63. The van der Waals surface area contributed by atoms with Gasteiger partial charge in [0, 0.05) is 6.42 Å². The van der Waals surface area contributed by atoms with E-state index in [1.807, 2.05) is 6.92 Å². The number of oxazole rings is 1. The van der Waals surface area contributed by atoms with Crippen molar-refractivity contribution in [3.8, 4) is 0 Å². The van der Waals surface area contributed by atoms with Gasteiger partial charge in [-0.1, -0.05) is 6.92 Å². The summed E-state index contributed by atoms with van der Waals surface area (Å²) in [7, 11) is 1.19. The summed E-state index contributed by atoms with van der Waals surface area (Å²) in [5.41, 5.74) is -0.741. The number of anilines is 1. The molecule has 2 N–H and O–H groups in total. The maximum absolute atomic E-state index is 12.3. The third-order valence-corrected chi connectivity index (χ3v) is 2.74. The Morgan fingerprint density at radius 1 is 1.33 bits per heavy atom. The number of amides is 2. The van der Waals surface area contributed by atoms with Crippen molar-refractivity contribution in [1.82, 2.24) is 10.3 Å². The van der Waals surface area contributed by atoms with Gasteiger partial charge in [-0.25, -0.2) is 9.78 Å². The minimum atomic E-state index is -1.19. The Morgan fingerprint density at radius 2 is 2.00 bits per heavy atom. The van der Waals surface area contributed by atoms with Crippen LogP contribution in [0, 0.1) is 0 Å². The second-order valence-electron chi connectivity index (χ2n) is 5.95. The van der Waals surface area contributed by atoms with Crippen molar-refractivity contribution in [2.45, 2.75) is 52.2 Å². The van der Waals surface area contributed by atoms with E-state index >= 15 is 0 Å². The first-order valence-corrected chi connectivity index (χ1v) is 7.46. The number of ether oxygens (including phenoxy) is 2. The third-order valence-electron chi connectivity index (χ3n) is 2.74. The molecule has 0 aliphatic carbocycles. The molecule has 0 radical (unpaired) electrons. The van der Waals surface area contributed by atoms with E-state index in [2.05, 4.69) is 20.4 Å². The summed E-state index contributed by atoms with van der Waals surface area (Å²) in [4.78, 5) is 39.5. The van der Waals surface area contributed by atoms with Crippen LogP contribution < -0.4 is 10.6 Å². The van der Waals surface area contributed by atoms with Crippen LogP contribution in [0.1, 0.15) is 39.9 Å². The number of aromatic nitrogens is 1. The molecular weight excluding hydrogens is 318 g/mol. The molecule has 9 heteroatoms. The number of carbonyl (C=O) groups is 3. The summed E-state index contributed by atoms with van der Waals surface area (Å²) >= 11 is 0. The molecule has 1 atom stereocenters. The Kier molecular flexibility index (Phi) is 6.75. The highest BCUT2D eigenvalue weighted by molar-refractivity contribution is 5.97. The van der Waals surface area contributed by atoms with Crippen molar-refractivity contribution < 1.29 is 28.3 Å². The van der Waals surface area contributed by atoms with Crippen LogP contribution >= 0.6 is 0 Å². The van der Waals surface area contributed by atoms with Gasteiger partial charge in [-0.2, -0.15) is 0 Å². The SMILES string of the molecule is CCc1cnc(NC(=O)[C@H](CC(=O)OC)NC(=O)OC(C)(C)C)o1. The van der Waals surface area contributed by atoms with Crippen LogP contribution in [0.4, 0.5) is 10.8 Å². The molecule has 0 unspecified atom stereocenters. The number of carbonyl (C=O) groups excluding carboxylic acids is 3. The molecule has 9 nitrogen and oxygen atoms in total. The Labute approximate surface area is 140 Å². The quantitative estimate of drug-likeness (QED) is 0.755. The van der Waals surface area contributed by atoms with Crippen molar-refractivity contribution in [3.63, 3.8) is 0 Å². The number of nitrogens with one attached hydrogen (secondary N) is 2. The van der Waals surface area contributed by atoms with Gasteiger partial charge in [-0.3, -0.25) is 14.9 Å². The molecular formula is C15H23N3O6. The highest BCUT2D eigenvalue weighted by Gasteiger charge is 2.28. The van der Waals surface area contributed by atoms with Crippen molar-refractivity contribution >= 4 is 24.0 Å². The van der Waals surface area contributed by atoms with Crippen LogP contribution in [0.2, 0.25) is 0 Å². The summed E-state index contributed by atoms with van der Waals surface area (Å²) < 4.78 is 14.9. The van der Waals surface area contributed by atoms with E-state index in [0.29, 0.717) is 12.2 Å². The molecule has 0 spiro atoms. The van der Waals surface area contributed by atoms with Crippen LogP contribution in [0.5, 0.6) is 0 Å². The zero-order valence-electron chi connectivity index (χ0n) is 14.5. The predicted molar refractivity (Wildman–Crippen MR) is 84.3 cm³/mol. The molecule has 0 saturated carbocycles. The zero-order valence-corrected chi connectivity index (χ0v) is 14.5. The van der Waals surface area contributed by atoms with E-state index < -0.39 is 29.6 Å². The molecule has 0 bridgehead atoms. The van der Waals surface area contributed by atoms with Crippen molar-refractivity contribution in [2.24, 2.45) is 0 Å². The van der Waals surface area contributed by atoms with E-state index in [4.69, 9.17) is 9.15 Å². The molecule has 24 heavy (non-hydrogen) atoms. The predicted octanol–water partition coefficient (Wildman–Crippen LogP) is 1.63. The van der Waals surface area contributed by atoms with E-state index in [0.717, 1.165) is 0 Å². The van der Waals surface area contributed by atoms with Gasteiger partial charge in [0.2, 0.25) is 0 Å². The van der Waals surface area contributed by atoms with Gasteiger partial charge >= 0.3 is 18.1 Å². The summed E-state index contributed by atoms with van der Waals surface area (Å²) in [5, 5.41) is 4.74. The Hall–Kier alpha value is -2.58. The molecule has 1 rings (SSSR count). The number of hydrogen-bond donors (Lipinski definition) is 2. The van der Waals surface area contributed by atoms with Gasteiger partial charge in [0.15, 0.2) is 0 Å². The fourth-order valence-electron chi connectivity index (χ4n) is 1.63. The Bertz CT molecular complexity index is 590. The second kappa shape index (κ2) is 8.32. The van der Waals surface area contributed by atoms with Gasteiger partial charge in [0.25, 0.3) is 5.91 Å². The molecule has 1 aromatic heterocycles. The topological polar surface area (TPSA) is 120 Å². The summed E-state index contributed by atoms with van der Waals surface area (Å²) in [6.45, 7) is 6.92. The minimum absolute atomic E-state index is 0.0160. The van der Waals surface area contributed by atoms with E-state index in [1.54, 1.807) is 20.8 Å². The van der Waals surface area contributed by atoms with Crippen LogP contribution in [-0.4, -0.2) is 41.7 Å². The third kappa shape index (κ3) is 6.67. The molecule has 0 saturated heterocycles. The fraction of sp³-hybridized carbons (Fsp3) is 0.600. The Morgan fingerprint density at radius 3 is 2.50 bits per heavy atom. The lowest BCUT2D eigenvalue weighted by molar-refractivity contribution is -0.142. The highest BCUT2D eigenvalue weighted by atomic mass is 16.6. The number of nitrogens with zero attached hydrogens (tertiary/aromatic N) is 1. The summed E-state index contributed by atoms with van der Waals surface area (Å²) in [5.74, 6) is -0.737. The van der Waals surface area contributed by atoms with E-state index in [9.17, 15) is 14.4 Å². The first kappa shape index (κ1) is 19.5. The van der Waals surface area contributed by atoms with Crippen LogP contribution in [0.3, 0.4) is 0 Å². The lowest BCUT2D eigenvalue weighted by Crippen LogP contribution is -2.47. The number of rotatable bonds is 6. The average Bonchev–Trinajstić information content (AvgIpc) is 2.91. The average molecular weight is 341 g/mol. The van der Waals surface area contributed by atoms with E-state index in [1.165, 1.54) is 13.3 Å². The maximum Gasteiger partial charge on any atom is 0.408 e. The van der Waals surface area contributed by atoms with Gasteiger partial charge < -0.3 is 19.2 Å². The highest BCUT2D eigenvalue weighted by Crippen LogP contribution is 2.11. The van der Waals surface area contributed by atoms with Crippen LogP contribution in [-0.2, 0) is 25.5 Å². The van der Waals surface area contributed by atoms with E-state index in [-0.39, 0.29) is 12.4 Å². The van der Waals surface area contributed by atoms with Crippen LogP contribution in [0.15, 0.2) is 10.6 Å². The minimum Gasteiger partial charge on any atom is -0.469 e. The lowest BCUT2D eigenvalue weighted by atomic mass is 10.2. The molecule has 1 aromatic rings. The van der Waals surface area contributed by atoms with Gasteiger partial charge in [-0.15, -0.1) is 0 Å². The smallest absolute Gasteiger partial charge is 0.408 e. The van der Waals surface area contributed by atoms with Crippen molar-refractivity contribution in [3.05, 3.63) is 12.0 Å². The lowest BCUT2D eigenvalue weighted by Gasteiger charge is -2.22. The molecule has 0 fully saturated rings. The zero-order chi connectivity index (χ0) is 18.3. The molecule has 134 valence electrons. The van der Waals surface area contributed by atoms with Crippen molar-refractivity contribution in [1.29, 1.82) is 0 Å².